The van der Waals surface area contributed by atoms with E-state index in [0.717, 1.165) is 38.8 Å². The first-order valence-electron chi connectivity index (χ1n) is 11.4. The Bertz CT molecular complexity index is 863. The Kier molecular flexibility index (Phi) is 7.03. The number of hydrogen-bond acceptors (Lipinski definition) is 3. The summed E-state index contributed by atoms with van der Waals surface area (Å²) in [6.45, 7) is 2.12. The normalized spacial score (nSPS) is 21.8. The van der Waals surface area contributed by atoms with Crippen molar-refractivity contribution in [3.8, 4) is 0 Å². The molecule has 2 aromatic rings. The second-order valence-electron chi connectivity index (χ2n) is 8.87. The van der Waals surface area contributed by atoms with E-state index < -0.39 is 0 Å². The van der Waals surface area contributed by atoms with E-state index in [1.54, 1.807) is 0 Å². The van der Waals surface area contributed by atoms with Gasteiger partial charge >= 0.3 is 0 Å². The van der Waals surface area contributed by atoms with Gasteiger partial charge < -0.3 is 15.0 Å². The molecule has 1 atom stereocenters. The molecule has 164 valence electrons. The van der Waals surface area contributed by atoms with Crippen molar-refractivity contribution in [2.75, 3.05) is 13.1 Å². The zero-order valence-corrected chi connectivity index (χ0v) is 18.1. The lowest BCUT2D eigenvalue weighted by Crippen LogP contribution is -2.46. The standard InChI is InChI=1S/C26H32N2O3/c29-24-11-15-26(27-24,19-21-7-3-1-4-8-21)16-12-25(30)28-17-13-23(14-18-28)31-20-22-9-5-2-6-10-22/h1-10,23H,11-20H2,(H,27,29)/t26-/m1/s1. The molecule has 0 aliphatic carbocycles. The van der Waals surface area contributed by atoms with Crippen molar-refractivity contribution in [3.63, 3.8) is 0 Å². The molecule has 1 N–H and O–H groups in total. The Morgan fingerprint density at radius 2 is 1.65 bits per heavy atom. The van der Waals surface area contributed by atoms with Gasteiger partial charge in [-0.25, -0.2) is 0 Å². The largest absolute Gasteiger partial charge is 0.373 e. The van der Waals surface area contributed by atoms with Crippen LogP contribution in [0.4, 0.5) is 0 Å². The van der Waals surface area contributed by atoms with Crippen LogP contribution >= 0.6 is 0 Å². The molecule has 2 fully saturated rings. The molecular weight excluding hydrogens is 388 g/mol. The summed E-state index contributed by atoms with van der Waals surface area (Å²) in [6, 6.07) is 20.4. The van der Waals surface area contributed by atoms with Gasteiger partial charge in [0.05, 0.1) is 12.7 Å². The van der Waals surface area contributed by atoms with E-state index >= 15 is 0 Å². The quantitative estimate of drug-likeness (QED) is 0.705. The van der Waals surface area contributed by atoms with E-state index in [1.165, 1.54) is 11.1 Å². The maximum Gasteiger partial charge on any atom is 0.222 e. The second kappa shape index (κ2) is 10.1. The van der Waals surface area contributed by atoms with Crippen molar-refractivity contribution in [1.82, 2.24) is 10.2 Å². The molecule has 2 aliphatic heterocycles. The fraction of sp³-hybridized carbons (Fsp3) is 0.462. The van der Waals surface area contributed by atoms with Gasteiger partial charge in [0.25, 0.3) is 0 Å². The number of ether oxygens (including phenoxy) is 1. The molecule has 5 nitrogen and oxygen atoms in total. The third-order valence-electron chi connectivity index (χ3n) is 6.56. The van der Waals surface area contributed by atoms with Crippen molar-refractivity contribution in [2.45, 2.75) is 63.2 Å². The number of likely N-dealkylation sites (tertiary alicyclic amines) is 1. The molecule has 31 heavy (non-hydrogen) atoms. The maximum absolute atomic E-state index is 12.9. The monoisotopic (exact) mass is 420 g/mol. The molecule has 4 rings (SSSR count). The maximum atomic E-state index is 12.9. The van der Waals surface area contributed by atoms with Gasteiger partial charge in [-0.05, 0) is 43.2 Å². The predicted octanol–water partition coefficient (Wildman–Crippen LogP) is 3.87. The average Bonchev–Trinajstić information content (AvgIpc) is 3.18. The van der Waals surface area contributed by atoms with Crippen LogP contribution in [-0.2, 0) is 27.4 Å². The number of carbonyl (C=O) groups is 2. The number of amides is 2. The first kappa shape index (κ1) is 21.6. The van der Waals surface area contributed by atoms with E-state index in [0.29, 0.717) is 25.9 Å². The summed E-state index contributed by atoms with van der Waals surface area (Å²) in [5.74, 6) is 0.287. The van der Waals surface area contributed by atoms with Crippen LogP contribution in [0.2, 0.25) is 0 Å². The Morgan fingerprint density at radius 1 is 1.00 bits per heavy atom. The summed E-state index contributed by atoms with van der Waals surface area (Å²) in [4.78, 5) is 26.8. The highest BCUT2D eigenvalue weighted by molar-refractivity contribution is 5.80. The zero-order chi connectivity index (χ0) is 21.5. The van der Waals surface area contributed by atoms with Gasteiger partial charge in [-0.3, -0.25) is 9.59 Å². The Balaban J connectivity index is 1.25. The molecule has 0 radical (unpaired) electrons. The lowest BCUT2D eigenvalue weighted by atomic mass is 9.85. The molecule has 2 heterocycles. The second-order valence-corrected chi connectivity index (χ2v) is 8.87. The number of carbonyl (C=O) groups excluding carboxylic acids is 2. The lowest BCUT2D eigenvalue weighted by molar-refractivity contribution is -0.134. The van der Waals surface area contributed by atoms with Crippen LogP contribution in [0.1, 0.15) is 49.7 Å². The minimum atomic E-state index is -0.300. The smallest absolute Gasteiger partial charge is 0.222 e. The Hall–Kier alpha value is -2.66. The van der Waals surface area contributed by atoms with Gasteiger partial charge in [-0.1, -0.05) is 60.7 Å². The number of rotatable bonds is 8. The van der Waals surface area contributed by atoms with Crippen LogP contribution in [-0.4, -0.2) is 41.4 Å². The third-order valence-corrected chi connectivity index (χ3v) is 6.56. The number of nitrogens with zero attached hydrogens (tertiary/aromatic N) is 1. The van der Waals surface area contributed by atoms with Crippen LogP contribution in [0, 0.1) is 0 Å². The number of nitrogens with one attached hydrogen (secondary N) is 1. The van der Waals surface area contributed by atoms with Gasteiger partial charge in [0.2, 0.25) is 11.8 Å². The molecule has 5 heteroatoms. The summed E-state index contributed by atoms with van der Waals surface area (Å²) >= 11 is 0. The first-order valence-corrected chi connectivity index (χ1v) is 11.4. The van der Waals surface area contributed by atoms with E-state index in [4.69, 9.17) is 4.74 Å². The number of benzene rings is 2. The van der Waals surface area contributed by atoms with Crippen LogP contribution in [0.5, 0.6) is 0 Å². The molecule has 2 aromatic carbocycles. The Labute approximate surface area is 184 Å². The number of hydrogen-bond donors (Lipinski definition) is 1. The molecule has 2 amide bonds. The van der Waals surface area contributed by atoms with E-state index in [9.17, 15) is 9.59 Å². The van der Waals surface area contributed by atoms with Crippen molar-refractivity contribution < 1.29 is 14.3 Å². The van der Waals surface area contributed by atoms with Crippen molar-refractivity contribution in [2.24, 2.45) is 0 Å². The predicted molar refractivity (Wildman–Crippen MR) is 120 cm³/mol. The highest BCUT2D eigenvalue weighted by Gasteiger charge is 2.38. The molecule has 2 saturated heterocycles. The van der Waals surface area contributed by atoms with Crippen LogP contribution < -0.4 is 5.32 Å². The van der Waals surface area contributed by atoms with Crippen LogP contribution in [0.25, 0.3) is 0 Å². The lowest BCUT2D eigenvalue weighted by Gasteiger charge is -2.34. The molecule has 0 spiro atoms. The average molecular weight is 421 g/mol. The fourth-order valence-electron chi connectivity index (χ4n) is 4.73. The summed E-state index contributed by atoms with van der Waals surface area (Å²) in [5.41, 5.74) is 2.09. The Morgan fingerprint density at radius 3 is 2.26 bits per heavy atom. The van der Waals surface area contributed by atoms with Gasteiger partial charge in [-0.2, -0.15) is 0 Å². The van der Waals surface area contributed by atoms with Gasteiger partial charge in [0, 0.05) is 31.5 Å². The fourth-order valence-corrected chi connectivity index (χ4v) is 4.73. The van der Waals surface area contributed by atoms with Gasteiger partial charge in [0.15, 0.2) is 0 Å². The van der Waals surface area contributed by atoms with Crippen molar-refractivity contribution in [3.05, 3.63) is 71.8 Å². The van der Waals surface area contributed by atoms with Gasteiger partial charge in [-0.15, -0.1) is 0 Å². The summed E-state index contributed by atoms with van der Waals surface area (Å²) in [5, 5.41) is 3.18. The number of piperidine rings is 1. The molecule has 0 aromatic heterocycles. The first-order chi connectivity index (χ1) is 15.1. The van der Waals surface area contributed by atoms with E-state index in [2.05, 4.69) is 29.6 Å². The minimum absolute atomic E-state index is 0.0970. The van der Waals surface area contributed by atoms with Crippen LogP contribution in [0.3, 0.4) is 0 Å². The summed E-state index contributed by atoms with van der Waals surface area (Å²) < 4.78 is 6.05. The topological polar surface area (TPSA) is 58.6 Å². The molecule has 0 saturated carbocycles. The van der Waals surface area contributed by atoms with Crippen LogP contribution in [0.15, 0.2) is 60.7 Å². The van der Waals surface area contributed by atoms with Crippen molar-refractivity contribution in [1.29, 1.82) is 0 Å². The molecular formula is C26H32N2O3. The van der Waals surface area contributed by atoms with E-state index in [1.807, 2.05) is 41.3 Å². The SMILES string of the molecule is O=C1CC[C@@](CCC(=O)N2CCC(OCc3ccccc3)CC2)(Cc2ccccc2)N1. The van der Waals surface area contributed by atoms with Crippen molar-refractivity contribution >= 4 is 11.8 Å². The van der Waals surface area contributed by atoms with Gasteiger partial charge in [0.1, 0.15) is 0 Å². The zero-order valence-electron chi connectivity index (χ0n) is 18.1. The molecule has 2 aliphatic rings. The minimum Gasteiger partial charge on any atom is -0.373 e. The summed E-state index contributed by atoms with van der Waals surface area (Å²) in [6.07, 6.45) is 5.26. The summed E-state index contributed by atoms with van der Waals surface area (Å²) in [7, 11) is 0. The van der Waals surface area contributed by atoms with E-state index in [-0.39, 0.29) is 23.5 Å². The highest BCUT2D eigenvalue weighted by atomic mass is 16.5. The third kappa shape index (κ3) is 5.95. The molecule has 0 bridgehead atoms. The highest BCUT2D eigenvalue weighted by Crippen LogP contribution is 2.30. The molecule has 0 unspecified atom stereocenters.